The highest BCUT2D eigenvalue weighted by Crippen LogP contribution is 2.24. The second-order valence-corrected chi connectivity index (χ2v) is 5.34. The number of carboxylic acids is 1. The Morgan fingerprint density at radius 1 is 1.33 bits per heavy atom. The summed E-state index contributed by atoms with van der Waals surface area (Å²) in [6, 6.07) is 4.05. The van der Waals surface area contributed by atoms with Gasteiger partial charge in [-0.15, -0.1) is 0 Å². The number of rotatable bonds is 3. The molecule has 1 aliphatic heterocycles. The molecule has 3 heteroatoms. The van der Waals surface area contributed by atoms with E-state index in [4.69, 9.17) is 0 Å². The smallest absolute Gasteiger partial charge is 0.320 e. The first-order valence-electron chi connectivity index (χ1n) is 6.52. The maximum Gasteiger partial charge on any atom is 0.320 e. The van der Waals surface area contributed by atoms with Gasteiger partial charge in [0.15, 0.2) is 0 Å². The first-order valence-corrected chi connectivity index (χ1v) is 6.52. The van der Waals surface area contributed by atoms with E-state index in [9.17, 15) is 9.90 Å². The highest BCUT2D eigenvalue weighted by Gasteiger charge is 2.30. The minimum Gasteiger partial charge on any atom is -0.480 e. The summed E-state index contributed by atoms with van der Waals surface area (Å²) in [5.41, 5.74) is 5.09. The Kier molecular flexibility index (Phi) is 3.71. The van der Waals surface area contributed by atoms with Gasteiger partial charge in [0.05, 0.1) is 0 Å². The first-order chi connectivity index (χ1) is 8.49. The van der Waals surface area contributed by atoms with Gasteiger partial charge in [-0.25, -0.2) is 0 Å². The van der Waals surface area contributed by atoms with Crippen LogP contribution in [0.4, 0.5) is 0 Å². The molecule has 1 atom stereocenters. The number of hydrogen-bond donors (Lipinski definition) is 1. The van der Waals surface area contributed by atoms with E-state index in [0.29, 0.717) is 0 Å². The van der Waals surface area contributed by atoms with Gasteiger partial charge in [0, 0.05) is 6.54 Å². The lowest BCUT2D eigenvalue weighted by atomic mass is 9.99. The quantitative estimate of drug-likeness (QED) is 0.892. The van der Waals surface area contributed by atoms with Crippen LogP contribution >= 0.6 is 0 Å². The lowest BCUT2D eigenvalue weighted by Gasteiger charge is -2.23. The van der Waals surface area contributed by atoms with Crippen molar-refractivity contribution < 1.29 is 9.90 Å². The van der Waals surface area contributed by atoms with Gasteiger partial charge in [-0.05, 0) is 56.8 Å². The van der Waals surface area contributed by atoms with Crippen molar-refractivity contribution in [3.05, 3.63) is 34.4 Å². The van der Waals surface area contributed by atoms with Crippen LogP contribution in [-0.2, 0) is 11.3 Å². The van der Waals surface area contributed by atoms with Crippen molar-refractivity contribution in [1.82, 2.24) is 4.90 Å². The fourth-order valence-electron chi connectivity index (χ4n) is 2.96. The number of hydrogen-bond acceptors (Lipinski definition) is 2. The number of nitrogens with zero attached hydrogens (tertiary/aromatic N) is 1. The van der Waals surface area contributed by atoms with Gasteiger partial charge in [0.2, 0.25) is 0 Å². The van der Waals surface area contributed by atoms with E-state index in [1.165, 1.54) is 22.3 Å². The van der Waals surface area contributed by atoms with E-state index in [0.717, 1.165) is 25.9 Å². The molecular weight excluding hydrogens is 226 g/mol. The molecule has 0 radical (unpaired) electrons. The topological polar surface area (TPSA) is 40.5 Å². The standard InChI is InChI=1S/C15H21NO2/c1-10-7-11(2)13(12(3)8-10)9-16-6-4-5-14(16)15(17)18/h7-8,14H,4-6,9H2,1-3H3,(H,17,18)/t14-/m0/s1. The SMILES string of the molecule is Cc1cc(C)c(CN2CCC[C@H]2C(=O)O)c(C)c1. The first kappa shape index (κ1) is 13.1. The fourth-order valence-corrected chi connectivity index (χ4v) is 2.96. The van der Waals surface area contributed by atoms with Gasteiger partial charge >= 0.3 is 5.97 Å². The van der Waals surface area contributed by atoms with Crippen molar-refractivity contribution in [2.24, 2.45) is 0 Å². The monoisotopic (exact) mass is 247 g/mol. The molecule has 0 amide bonds. The highest BCUT2D eigenvalue weighted by molar-refractivity contribution is 5.73. The number of aryl methyl sites for hydroxylation is 3. The van der Waals surface area contributed by atoms with Crippen LogP contribution in [0.1, 0.15) is 35.1 Å². The molecule has 0 saturated carbocycles. The molecule has 1 aromatic rings. The van der Waals surface area contributed by atoms with Crippen LogP contribution in [0, 0.1) is 20.8 Å². The molecule has 2 rings (SSSR count). The zero-order chi connectivity index (χ0) is 13.3. The second kappa shape index (κ2) is 5.11. The third kappa shape index (κ3) is 2.56. The Morgan fingerprint density at radius 3 is 2.50 bits per heavy atom. The second-order valence-electron chi connectivity index (χ2n) is 5.34. The largest absolute Gasteiger partial charge is 0.480 e. The van der Waals surface area contributed by atoms with Gasteiger partial charge in [-0.3, -0.25) is 9.69 Å². The summed E-state index contributed by atoms with van der Waals surface area (Å²) < 4.78 is 0. The summed E-state index contributed by atoms with van der Waals surface area (Å²) in [6.45, 7) is 7.97. The van der Waals surface area contributed by atoms with Crippen LogP contribution < -0.4 is 0 Å². The average molecular weight is 247 g/mol. The van der Waals surface area contributed by atoms with Gasteiger partial charge in [-0.1, -0.05) is 17.7 Å². The van der Waals surface area contributed by atoms with E-state index in [1.54, 1.807) is 0 Å². The van der Waals surface area contributed by atoms with Crippen LogP contribution in [-0.4, -0.2) is 28.6 Å². The molecule has 18 heavy (non-hydrogen) atoms. The van der Waals surface area contributed by atoms with Crippen molar-refractivity contribution >= 4 is 5.97 Å². The molecule has 1 aromatic carbocycles. The molecule has 1 fully saturated rings. The van der Waals surface area contributed by atoms with Crippen molar-refractivity contribution in [1.29, 1.82) is 0 Å². The minimum absolute atomic E-state index is 0.301. The van der Waals surface area contributed by atoms with Crippen molar-refractivity contribution in [3.8, 4) is 0 Å². The number of carboxylic acid groups (broad SMARTS) is 1. The molecule has 1 N–H and O–H groups in total. The molecule has 0 aromatic heterocycles. The van der Waals surface area contributed by atoms with Crippen molar-refractivity contribution in [3.63, 3.8) is 0 Å². The van der Waals surface area contributed by atoms with Gasteiger partial charge < -0.3 is 5.11 Å². The zero-order valence-electron chi connectivity index (χ0n) is 11.4. The Bertz CT molecular complexity index is 445. The average Bonchev–Trinajstić information content (AvgIpc) is 2.71. The molecule has 98 valence electrons. The number of likely N-dealkylation sites (tertiary alicyclic amines) is 1. The van der Waals surface area contributed by atoms with Gasteiger partial charge in [-0.2, -0.15) is 0 Å². The van der Waals surface area contributed by atoms with Crippen molar-refractivity contribution in [2.75, 3.05) is 6.54 Å². The van der Waals surface area contributed by atoms with E-state index in [2.05, 4.69) is 37.8 Å². The summed E-state index contributed by atoms with van der Waals surface area (Å²) in [6.07, 6.45) is 1.76. The van der Waals surface area contributed by atoms with Gasteiger partial charge in [0.1, 0.15) is 6.04 Å². The summed E-state index contributed by atoms with van der Waals surface area (Å²) in [5.74, 6) is -0.685. The molecule has 3 nitrogen and oxygen atoms in total. The fraction of sp³-hybridized carbons (Fsp3) is 0.533. The predicted octanol–water partition coefficient (Wildman–Crippen LogP) is 2.66. The van der Waals surface area contributed by atoms with Crippen molar-refractivity contribution in [2.45, 2.75) is 46.2 Å². The van der Waals surface area contributed by atoms with Crippen LogP contribution in [0.5, 0.6) is 0 Å². The summed E-state index contributed by atoms with van der Waals surface area (Å²) in [4.78, 5) is 13.3. The Morgan fingerprint density at radius 2 is 1.94 bits per heavy atom. The Labute approximate surface area is 108 Å². The minimum atomic E-state index is -0.685. The predicted molar refractivity (Wildman–Crippen MR) is 71.7 cm³/mol. The van der Waals surface area contributed by atoms with E-state index in [1.807, 2.05) is 0 Å². The maximum absolute atomic E-state index is 11.2. The molecular formula is C15H21NO2. The summed E-state index contributed by atoms with van der Waals surface area (Å²) >= 11 is 0. The van der Waals surface area contributed by atoms with Gasteiger partial charge in [0.25, 0.3) is 0 Å². The van der Waals surface area contributed by atoms with Crippen LogP contribution in [0.25, 0.3) is 0 Å². The number of benzene rings is 1. The molecule has 1 aliphatic rings. The molecule has 1 heterocycles. The molecule has 0 unspecified atom stereocenters. The number of aliphatic carboxylic acids is 1. The molecule has 0 aliphatic carbocycles. The lowest BCUT2D eigenvalue weighted by molar-refractivity contribution is -0.142. The molecule has 0 spiro atoms. The third-order valence-corrected chi connectivity index (χ3v) is 3.85. The Hall–Kier alpha value is -1.35. The molecule has 0 bridgehead atoms. The normalized spacial score (nSPS) is 20.3. The van der Waals surface area contributed by atoms with E-state index in [-0.39, 0.29) is 6.04 Å². The summed E-state index contributed by atoms with van der Waals surface area (Å²) in [7, 11) is 0. The Balaban J connectivity index is 2.21. The molecule has 1 saturated heterocycles. The highest BCUT2D eigenvalue weighted by atomic mass is 16.4. The van der Waals surface area contributed by atoms with E-state index < -0.39 is 5.97 Å². The summed E-state index contributed by atoms with van der Waals surface area (Å²) in [5, 5.41) is 9.20. The van der Waals surface area contributed by atoms with Crippen LogP contribution in [0.2, 0.25) is 0 Å². The van der Waals surface area contributed by atoms with E-state index >= 15 is 0 Å². The van der Waals surface area contributed by atoms with Crippen LogP contribution in [0.3, 0.4) is 0 Å². The third-order valence-electron chi connectivity index (χ3n) is 3.85. The van der Waals surface area contributed by atoms with Crippen LogP contribution in [0.15, 0.2) is 12.1 Å². The lowest BCUT2D eigenvalue weighted by Crippen LogP contribution is -2.35. The number of carbonyl (C=O) groups is 1. The zero-order valence-corrected chi connectivity index (χ0v) is 11.4. The maximum atomic E-state index is 11.2.